The van der Waals surface area contributed by atoms with E-state index in [4.69, 9.17) is 9.15 Å². The number of benzene rings is 1. The van der Waals surface area contributed by atoms with Gasteiger partial charge in [0.25, 0.3) is 0 Å². The highest BCUT2D eigenvalue weighted by atomic mass is 16.5. The molecule has 1 spiro atoms. The van der Waals surface area contributed by atoms with Gasteiger partial charge in [0.05, 0.1) is 13.2 Å². The molecule has 0 saturated carbocycles. The third-order valence-corrected chi connectivity index (χ3v) is 6.75. The Balaban J connectivity index is 1.39. The van der Waals surface area contributed by atoms with E-state index in [1.807, 2.05) is 25.1 Å². The van der Waals surface area contributed by atoms with Crippen LogP contribution in [0.2, 0.25) is 0 Å². The minimum absolute atomic E-state index is 0.248. The Morgan fingerprint density at radius 2 is 2.04 bits per heavy atom. The van der Waals surface area contributed by atoms with Crippen molar-refractivity contribution in [3.8, 4) is 5.75 Å². The van der Waals surface area contributed by atoms with E-state index in [1.165, 1.54) is 0 Å². The van der Waals surface area contributed by atoms with E-state index < -0.39 is 0 Å². The van der Waals surface area contributed by atoms with Gasteiger partial charge in [-0.05, 0) is 56.0 Å². The van der Waals surface area contributed by atoms with Crippen LogP contribution in [-0.4, -0.2) is 41.4 Å². The van der Waals surface area contributed by atoms with Gasteiger partial charge in [0, 0.05) is 25.6 Å². The van der Waals surface area contributed by atoms with Crippen LogP contribution >= 0.6 is 0 Å². The first kappa shape index (κ1) is 16.9. The first-order valence-electron chi connectivity index (χ1n) is 9.87. The predicted octanol–water partition coefficient (Wildman–Crippen LogP) is 3.53. The van der Waals surface area contributed by atoms with Gasteiger partial charge in [0.1, 0.15) is 22.8 Å². The number of carbonyl (C=O) groups is 1. The zero-order valence-corrected chi connectivity index (χ0v) is 16.0. The quantitative estimate of drug-likeness (QED) is 0.830. The van der Waals surface area contributed by atoms with Crippen LogP contribution in [0, 0.1) is 12.8 Å². The molecule has 3 aliphatic heterocycles. The monoisotopic (exact) mass is 366 g/mol. The third-order valence-electron chi connectivity index (χ3n) is 6.75. The van der Waals surface area contributed by atoms with Crippen molar-refractivity contribution in [3.63, 3.8) is 0 Å². The summed E-state index contributed by atoms with van der Waals surface area (Å²) in [5, 5.41) is 0. The number of carbonyl (C=O) groups excluding carboxylic acids is 1. The first-order chi connectivity index (χ1) is 13.1. The molecule has 142 valence electrons. The molecule has 5 rings (SSSR count). The molecule has 3 aliphatic rings. The topological polar surface area (TPSA) is 45.9 Å². The molecular weight excluding hydrogens is 340 g/mol. The van der Waals surface area contributed by atoms with Crippen LogP contribution in [0.4, 0.5) is 0 Å². The van der Waals surface area contributed by atoms with E-state index in [0.29, 0.717) is 18.4 Å². The van der Waals surface area contributed by atoms with E-state index in [-0.39, 0.29) is 11.6 Å². The second kappa shape index (κ2) is 6.13. The molecule has 0 unspecified atom stereocenters. The summed E-state index contributed by atoms with van der Waals surface area (Å²) in [4.78, 5) is 18.0. The number of furan rings is 1. The molecule has 1 aromatic carbocycles. The van der Waals surface area contributed by atoms with E-state index in [9.17, 15) is 4.79 Å². The maximum atomic E-state index is 13.5. The molecular formula is C22H26N2O3. The minimum Gasteiger partial charge on any atom is -0.497 e. The maximum Gasteiger partial charge on any atom is 0.243 e. The summed E-state index contributed by atoms with van der Waals surface area (Å²) < 4.78 is 11.2. The highest BCUT2D eigenvalue weighted by molar-refractivity contribution is 5.90. The van der Waals surface area contributed by atoms with Crippen LogP contribution in [0.1, 0.15) is 42.4 Å². The normalized spacial score (nSPS) is 30.0. The lowest BCUT2D eigenvalue weighted by Gasteiger charge is -2.32. The van der Waals surface area contributed by atoms with E-state index >= 15 is 0 Å². The summed E-state index contributed by atoms with van der Waals surface area (Å²) in [7, 11) is 1.67. The number of amides is 1. The SMILES string of the molecule is COc1ccc(CN2C[C@@H]3C[C@@H](c4ccc(C)o4)N4CCC[C@@]34C2=O)cc1. The molecule has 1 amide bonds. The summed E-state index contributed by atoms with van der Waals surface area (Å²) in [6, 6.07) is 12.4. The second-order valence-electron chi connectivity index (χ2n) is 8.15. The molecule has 4 heterocycles. The van der Waals surface area contributed by atoms with Gasteiger partial charge in [0.15, 0.2) is 0 Å². The van der Waals surface area contributed by atoms with E-state index in [2.05, 4.69) is 28.0 Å². The summed E-state index contributed by atoms with van der Waals surface area (Å²) in [6.45, 7) is 4.50. The Labute approximate surface area is 159 Å². The molecule has 3 fully saturated rings. The molecule has 0 aliphatic carbocycles. The molecule has 2 aromatic rings. The Morgan fingerprint density at radius 3 is 2.74 bits per heavy atom. The van der Waals surface area contributed by atoms with Crippen molar-refractivity contribution in [1.29, 1.82) is 0 Å². The van der Waals surface area contributed by atoms with Crippen molar-refractivity contribution in [2.45, 2.75) is 44.3 Å². The molecule has 3 saturated heterocycles. The van der Waals surface area contributed by atoms with Crippen LogP contribution in [0.25, 0.3) is 0 Å². The molecule has 3 atom stereocenters. The zero-order valence-electron chi connectivity index (χ0n) is 16.0. The third kappa shape index (κ3) is 2.44. The number of hydrogen-bond acceptors (Lipinski definition) is 4. The smallest absolute Gasteiger partial charge is 0.243 e. The lowest BCUT2D eigenvalue weighted by atomic mass is 9.85. The summed E-state index contributed by atoms with van der Waals surface area (Å²) in [5.41, 5.74) is 0.848. The largest absolute Gasteiger partial charge is 0.497 e. The van der Waals surface area contributed by atoms with Crippen molar-refractivity contribution in [2.24, 2.45) is 5.92 Å². The summed E-state index contributed by atoms with van der Waals surface area (Å²) in [5.74, 6) is 3.52. The number of likely N-dealkylation sites (tertiary alicyclic amines) is 1. The summed E-state index contributed by atoms with van der Waals surface area (Å²) >= 11 is 0. The Morgan fingerprint density at radius 1 is 1.22 bits per heavy atom. The number of ether oxygens (including phenoxy) is 1. The van der Waals surface area contributed by atoms with Crippen LogP contribution in [0.5, 0.6) is 5.75 Å². The van der Waals surface area contributed by atoms with Gasteiger partial charge in [-0.3, -0.25) is 9.69 Å². The number of hydrogen-bond donors (Lipinski definition) is 0. The van der Waals surface area contributed by atoms with Gasteiger partial charge in [-0.2, -0.15) is 0 Å². The lowest BCUT2D eigenvalue weighted by Crippen LogP contribution is -2.49. The van der Waals surface area contributed by atoms with E-state index in [0.717, 1.165) is 55.2 Å². The van der Waals surface area contributed by atoms with Crippen LogP contribution < -0.4 is 4.74 Å². The molecule has 1 aromatic heterocycles. The zero-order chi connectivity index (χ0) is 18.6. The standard InChI is InChI=1S/C22H26N2O3/c1-15-4-9-20(27-15)19-12-17-14-23(13-16-5-7-18(26-2)8-6-16)21(25)22(17)10-3-11-24(19)22/h4-9,17,19H,3,10-14H2,1-2H3/t17-,19-,22-/m0/s1. The molecule has 0 radical (unpaired) electrons. The number of aryl methyl sites for hydroxylation is 1. The van der Waals surface area contributed by atoms with Gasteiger partial charge < -0.3 is 14.1 Å². The predicted molar refractivity (Wildman–Crippen MR) is 101 cm³/mol. The first-order valence-corrected chi connectivity index (χ1v) is 9.87. The Kier molecular flexibility index (Phi) is 3.83. The molecule has 0 N–H and O–H groups in total. The summed E-state index contributed by atoms with van der Waals surface area (Å²) in [6.07, 6.45) is 3.08. The minimum atomic E-state index is -0.308. The highest BCUT2D eigenvalue weighted by Gasteiger charge is 2.65. The molecule has 5 nitrogen and oxygen atoms in total. The Hall–Kier alpha value is -2.27. The van der Waals surface area contributed by atoms with Crippen LogP contribution in [0.3, 0.4) is 0 Å². The fraction of sp³-hybridized carbons (Fsp3) is 0.500. The average molecular weight is 366 g/mol. The van der Waals surface area contributed by atoms with Gasteiger partial charge in [0.2, 0.25) is 5.91 Å². The van der Waals surface area contributed by atoms with Gasteiger partial charge in [-0.15, -0.1) is 0 Å². The van der Waals surface area contributed by atoms with Crippen LogP contribution in [-0.2, 0) is 11.3 Å². The van der Waals surface area contributed by atoms with Gasteiger partial charge >= 0.3 is 0 Å². The molecule has 0 bridgehead atoms. The maximum absolute atomic E-state index is 13.5. The van der Waals surface area contributed by atoms with Gasteiger partial charge in [-0.1, -0.05) is 12.1 Å². The van der Waals surface area contributed by atoms with E-state index in [1.54, 1.807) is 7.11 Å². The fourth-order valence-corrected chi connectivity index (χ4v) is 5.57. The molecule has 27 heavy (non-hydrogen) atoms. The lowest BCUT2D eigenvalue weighted by molar-refractivity contribution is -0.137. The van der Waals surface area contributed by atoms with Crippen molar-refractivity contribution in [3.05, 3.63) is 53.5 Å². The molecule has 5 heteroatoms. The van der Waals surface area contributed by atoms with Crippen molar-refractivity contribution in [2.75, 3.05) is 20.2 Å². The second-order valence-corrected chi connectivity index (χ2v) is 8.15. The average Bonchev–Trinajstić information content (AvgIpc) is 3.40. The Bertz CT molecular complexity index is 859. The fourth-order valence-electron chi connectivity index (χ4n) is 5.57. The van der Waals surface area contributed by atoms with Crippen molar-refractivity contribution < 1.29 is 13.9 Å². The number of nitrogens with zero attached hydrogens (tertiary/aromatic N) is 2. The van der Waals surface area contributed by atoms with Gasteiger partial charge in [-0.25, -0.2) is 0 Å². The van der Waals surface area contributed by atoms with Crippen molar-refractivity contribution >= 4 is 5.91 Å². The number of methoxy groups -OCH3 is 1. The van der Waals surface area contributed by atoms with Crippen molar-refractivity contribution in [1.82, 2.24) is 9.80 Å². The highest BCUT2D eigenvalue weighted by Crippen LogP contribution is 2.56. The number of rotatable bonds is 4. The van der Waals surface area contributed by atoms with Crippen LogP contribution in [0.15, 0.2) is 40.8 Å².